The van der Waals surface area contributed by atoms with Crippen molar-refractivity contribution in [2.75, 3.05) is 19.6 Å². The maximum absolute atomic E-state index is 12.7. The normalized spacial score (nSPS) is 14.8. The van der Waals surface area contributed by atoms with Gasteiger partial charge in [0.1, 0.15) is 4.90 Å². The van der Waals surface area contributed by atoms with Crippen molar-refractivity contribution < 1.29 is 8.42 Å². The fraction of sp³-hybridized carbons (Fsp3) is 0.533. The first-order chi connectivity index (χ1) is 10.1. The van der Waals surface area contributed by atoms with Crippen molar-refractivity contribution in [2.45, 2.75) is 31.1 Å². The Kier molecular flexibility index (Phi) is 5.34. The van der Waals surface area contributed by atoms with Crippen LogP contribution < -0.4 is 5.73 Å². The summed E-state index contributed by atoms with van der Waals surface area (Å²) in [4.78, 5) is 4.20. The number of sulfonamides is 1. The standard InChI is InChI=1S/C15H21N3O2S/c1-2-8-18(12-13-5-6-13)21(19,20)15-9-14(4-3-7-16)10-17-11-15/h9-11,13H,2,5-8,12,16H2,1H3. The third-order valence-corrected chi connectivity index (χ3v) is 5.15. The maximum Gasteiger partial charge on any atom is 0.244 e. The molecule has 0 amide bonds. The Bertz CT molecular complexity index is 642. The van der Waals surface area contributed by atoms with E-state index in [0.717, 1.165) is 19.3 Å². The number of pyridine rings is 1. The highest BCUT2D eigenvalue weighted by molar-refractivity contribution is 7.89. The summed E-state index contributed by atoms with van der Waals surface area (Å²) in [5.41, 5.74) is 5.90. The predicted molar refractivity (Wildman–Crippen MR) is 81.9 cm³/mol. The highest BCUT2D eigenvalue weighted by Gasteiger charge is 2.31. The monoisotopic (exact) mass is 307 g/mol. The van der Waals surface area contributed by atoms with Crippen LogP contribution in [-0.2, 0) is 10.0 Å². The summed E-state index contributed by atoms with van der Waals surface area (Å²) in [5.74, 6) is 6.04. The summed E-state index contributed by atoms with van der Waals surface area (Å²) in [6.07, 6.45) is 5.98. The van der Waals surface area contributed by atoms with Crippen LogP contribution in [-0.4, -0.2) is 37.3 Å². The average molecular weight is 307 g/mol. The molecule has 2 N–H and O–H groups in total. The van der Waals surface area contributed by atoms with Crippen LogP contribution in [0.1, 0.15) is 31.7 Å². The van der Waals surface area contributed by atoms with E-state index in [1.54, 1.807) is 16.6 Å². The zero-order valence-corrected chi connectivity index (χ0v) is 13.1. The molecule has 0 aromatic carbocycles. The minimum atomic E-state index is -3.49. The van der Waals surface area contributed by atoms with E-state index in [4.69, 9.17) is 5.73 Å². The van der Waals surface area contributed by atoms with E-state index in [2.05, 4.69) is 16.8 Å². The lowest BCUT2D eigenvalue weighted by molar-refractivity contribution is 0.395. The minimum absolute atomic E-state index is 0.209. The maximum atomic E-state index is 12.7. The van der Waals surface area contributed by atoms with Gasteiger partial charge in [-0.25, -0.2) is 8.42 Å². The van der Waals surface area contributed by atoms with Gasteiger partial charge in [0.15, 0.2) is 0 Å². The van der Waals surface area contributed by atoms with Gasteiger partial charge in [0.05, 0.1) is 6.54 Å². The second-order valence-corrected chi connectivity index (χ2v) is 7.16. The van der Waals surface area contributed by atoms with Crippen LogP contribution in [0.5, 0.6) is 0 Å². The van der Waals surface area contributed by atoms with Crippen molar-refractivity contribution in [3.63, 3.8) is 0 Å². The second-order valence-electron chi connectivity index (χ2n) is 5.22. The molecule has 2 rings (SSSR count). The first-order valence-corrected chi connectivity index (χ1v) is 8.66. The molecule has 0 aliphatic heterocycles. The first-order valence-electron chi connectivity index (χ1n) is 7.22. The number of hydrogen-bond acceptors (Lipinski definition) is 4. The van der Waals surface area contributed by atoms with Gasteiger partial charge in [0.2, 0.25) is 10.0 Å². The van der Waals surface area contributed by atoms with Gasteiger partial charge in [-0.05, 0) is 31.2 Å². The molecule has 1 aliphatic rings. The molecule has 0 saturated heterocycles. The molecule has 0 spiro atoms. The SMILES string of the molecule is CCCN(CC1CC1)S(=O)(=O)c1cncc(C#CCN)c1. The summed E-state index contributed by atoms with van der Waals surface area (Å²) < 4.78 is 27.0. The second kappa shape index (κ2) is 7.03. The van der Waals surface area contributed by atoms with E-state index in [1.165, 1.54) is 6.20 Å². The molecule has 1 aromatic rings. The van der Waals surface area contributed by atoms with Crippen molar-refractivity contribution in [3.05, 3.63) is 24.0 Å². The molecule has 0 unspecified atom stereocenters. The molecule has 6 heteroatoms. The van der Waals surface area contributed by atoms with Crippen LogP contribution in [0.2, 0.25) is 0 Å². The number of nitrogens with zero attached hydrogens (tertiary/aromatic N) is 2. The molecule has 1 saturated carbocycles. The number of hydrogen-bond donors (Lipinski definition) is 1. The van der Waals surface area contributed by atoms with Crippen molar-refractivity contribution in [3.8, 4) is 11.8 Å². The third kappa shape index (κ3) is 4.27. The predicted octanol–water partition coefficient (Wildman–Crippen LogP) is 1.20. The molecule has 5 nitrogen and oxygen atoms in total. The Morgan fingerprint density at radius 1 is 1.43 bits per heavy atom. The van der Waals surface area contributed by atoms with E-state index < -0.39 is 10.0 Å². The molecular formula is C15H21N3O2S. The van der Waals surface area contributed by atoms with Gasteiger partial charge >= 0.3 is 0 Å². The Hall–Kier alpha value is -1.42. The van der Waals surface area contributed by atoms with Gasteiger partial charge in [-0.2, -0.15) is 4.31 Å². The molecule has 114 valence electrons. The van der Waals surface area contributed by atoms with Gasteiger partial charge in [0, 0.05) is 31.0 Å². The third-order valence-electron chi connectivity index (χ3n) is 3.32. The number of nitrogens with two attached hydrogens (primary N) is 1. The van der Waals surface area contributed by atoms with Crippen LogP contribution in [0.4, 0.5) is 0 Å². The molecule has 0 radical (unpaired) electrons. The minimum Gasteiger partial charge on any atom is -0.320 e. The van der Waals surface area contributed by atoms with Crippen LogP contribution in [0.25, 0.3) is 0 Å². The fourth-order valence-corrected chi connectivity index (χ4v) is 3.68. The van der Waals surface area contributed by atoms with Crippen molar-refractivity contribution >= 4 is 10.0 Å². The van der Waals surface area contributed by atoms with Crippen molar-refractivity contribution in [1.82, 2.24) is 9.29 Å². The lowest BCUT2D eigenvalue weighted by Gasteiger charge is -2.21. The zero-order valence-electron chi connectivity index (χ0n) is 12.2. The average Bonchev–Trinajstić information content (AvgIpc) is 3.29. The van der Waals surface area contributed by atoms with E-state index in [0.29, 0.717) is 24.6 Å². The summed E-state index contributed by atoms with van der Waals surface area (Å²) in [7, 11) is -3.49. The van der Waals surface area contributed by atoms with E-state index in [-0.39, 0.29) is 11.4 Å². The Morgan fingerprint density at radius 3 is 2.81 bits per heavy atom. The first kappa shape index (κ1) is 16.0. The van der Waals surface area contributed by atoms with Crippen molar-refractivity contribution in [1.29, 1.82) is 0 Å². The molecule has 0 bridgehead atoms. The highest BCUT2D eigenvalue weighted by Crippen LogP contribution is 2.31. The van der Waals surface area contributed by atoms with Crippen LogP contribution in [0, 0.1) is 17.8 Å². The summed E-state index contributed by atoms with van der Waals surface area (Å²) >= 11 is 0. The number of rotatable bonds is 6. The lowest BCUT2D eigenvalue weighted by atomic mass is 10.3. The van der Waals surface area contributed by atoms with Gasteiger partial charge in [0.25, 0.3) is 0 Å². The van der Waals surface area contributed by atoms with Gasteiger partial charge in [-0.15, -0.1) is 0 Å². The summed E-state index contributed by atoms with van der Waals surface area (Å²) in [6.45, 7) is 3.36. The Morgan fingerprint density at radius 2 is 2.19 bits per heavy atom. The Labute approximate surface area is 126 Å². The molecule has 1 heterocycles. The van der Waals surface area contributed by atoms with Crippen LogP contribution >= 0.6 is 0 Å². The van der Waals surface area contributed by atoms with Crippen LogP contribution in [0.15, 0.2) is 23.4 Å². The molecule has 21 heavy (non-hydrogen) atoms. The van der Waals surface area contributed by atoms with E-state index in [1.807, 2.05) is 6.92 Å². The zero-order chi connectivity index (χ0) is 15.3. The van der Waals surface area contributed by atoms with Gasteiger partial charge in [-0.1, -0.05) is 18.8 Å². The Balaban J connectivity index is 2.27. The van der Waals surface area contributed by atoms with Gasteiger partial charge in [-0.3, -0.25) is 4.98 Å². The highest BCUT2D eigenvalue weighted by atomic mass is 32.2. The quantitative estimate of drug-likeness (QED) is 0.801. The summed E-state index contributed by atoms with van der Waals surface area (Å²) in [6, 6.07) is 1.57. The fourth-order valence-electron chi connectivity index (χ4n) is 2.08. The molecule has 1 fully saturated rings. The smallest absolute Gasteiger partial charge is 0.244 e. The lowest BCUT2D eigenvalue weighted by Crippen LogP contribution is -2.33. The van der Waals surface area contributed by atoms with Crippen LogP contribution in [0.3, 0.4) is 0 Å². The topological polar surface area (TPSA) is 76.3 Å². The van der Waals surface area contributed by atoms with Gasteiger partial charge < -0.3 is 5.73 Å². The number of aromatic nitrogens is 1. The van der Waals surface area contributed by atoms with E-state index in [9.17, 15) is 8.42 Å². The summed E-state index contributed by atoms with van der Waals surface area (Å²) in [5, 5.41) is 0. The molecular weight excluding hydrogens is 286 g/mol. The van der Waals surface area contributed by atoms with Crippen molar-refractivity contribution in [2.24, 2.45) is 11.7 Å². The molecule has 1 aliphatic carbocycles. The largest absolute Gasteiger partial charge is 0.320 e. The molecule has 0 atom stereocenters. The van der Waals surface area contributed by atoms with E-state index >= 15 is 0 Å². The molecule has 1 aromatic heterocycles.